The molecule has 0 radical (unpaired) electrons. The van der Waals surface area contributed by atoms with Crippen LogP contribution in [0.3, 0.4) is 0 Å². The first-order chi connectivity index (χ1) is 20.8. The Hall–Kier alpha value is -4.76. The minimum atomic E-state index is -1.14. The van der Waals surface area contributed by atoms with Crippen molar-refractivity contribution in [2.45, 2.75) is 37.6 Å². The topological polar surface area (TPSA) is 124 Å². The zero-order valence-corrected chi connectivity index (χ0v) is 23.7. The first-order valence-electron chi connectivity index (χ1n) is 14.4. The maximum absolute atomic E-state index is 13.3. The summed E-state index contributed by atoms with van der Waals surface area (Å²) in [4.78, 5) is 38.3. The van der Waals surface area contributed by atoms with Crippen molar-refractivity contribution in [2.24, 2.45) is 5.92 Å². The molecule has 1 saturated carbocycles. The van der Waals surface area contributed by atoms with Crippen LogP contribution in [0.4, 0.5) is 10.2 Å². The van der Waals surface area contributed by atoms with Crippen LogP contribution < -0.4 is 21.3 Å². The Morgan fingerprint density at radius 3 is 2.28 bits per heavy atom. The van der Waals surface area contributed by atoms with Crippen molar-refractivity contribution in [1.29, 1.82) is 0 Å². The summed E-state index contributed by atoms with van der Waals surface area (Å²) < 4.78 is 20.4. The van der Waals surface area contributed by atoms with Gasteiger partial charge in [-0.15, -0.1) is 0 Å². The number of nitrogens with two attached hydrogens (primary N) is 1. The summed E-state index contributed by atoms with van der Waals surface area (Å²) in [7, 11) is 0. The van der Waals surface area contributed by atoms with Gasteiger partial charge in [-0.2, -0.15) is 0 Å². The third-order valence-corrected chi connectivity index (χ3v) is 8.10. The Morgan fingerprint density at radius 2 is 1.63 bits per heavy atom. The first kappa shape index (κ1) is 29.7. The normalized spacial score (nSPS) is 14.7. The molecule has 43 heavy (non-hydrogen) atoms. The number of carbonyl (C=O) groups excluding carboxylic acids is 1. The van der Waals surface area contributed by atoms with Crippen LogP contribution in [-0.4, -0.2) is 34.6 Å². The van der Waals surface area contributed by atoms with Crippen LogP contribution in [0.5, 0.6) is 5.75 Å². The number of pyridine rings is 1. The fraction of sp³-hybridized carbons (Fsp3) is 0.265. The lowest BCUT2D eigenvalue weighted by atomic mass is 9.76. The molecule has 5 rings (SSSR count). The summed E-state index contributed by atoms with van der Waals surface area (Å²) in [6, 6.07) is 23.9. The standard InChI is InChI=1S/C34H34FN3O5/c35-26-13-11-23(12-14-26)31(40)29-19-20-30(39)38(32(29)36)27-15-17-28(18-16-27)43-22-6-21-37-34(33(41)42,25-9-4-5-10-25)24-7-2-1-3-8-24/h1-3,7-8,11-20,25,37H,4-6,9-10,21-22,36H2,(H,41,42)/t34-/m1/s1. The van der Waals surface area contributed by atoms with Gasteiger partial charge in [0.25, 0.3) is 5.56 Å². The number of nitrogens with zero attached hydrogens (tertiary/aromatic N) is 1. The molecular weight excluding hydrogens is 549 g/mol. The Morgan fingerprint density at radius 1 is 0.953 bits per heavy atom. The molecule has 4 N–H and O–H groups in total. The van der Waals surface area contributed by atoms with Crippen LogP contribution in [0.25, 0.3) is 5.69 Å². The number of carboxylic acid groups (broad SMARTS) is 1. The van der Waals surface area contributed by atoms with Gasteiger partial charge in [0.05, 0.1) is 17.9 Å². The molecule has 0 saturated heterocycles. The molecule has 1 aromatic heterocycles. The van der Waals surface area contributed by atoms with E-state index in [0.717, 1.165) is 31.2 Å². The molecule has 1 heterocycles. The van der Waals surface area contributed by atoms with Crippen molar-refractivity contribution in [3.63, 3.8) is 0 Å². The predicted molar refractivity (Wildman–Crippen MR) is 162 cm³/mol. The lowest BCUT2D eigenvalue weighted by Gasteiger charge is -2.37. The number of ether oxygens (including phenoxy) is 1. The number of nitrogen functional groups attached to an aromatic ring is 1. The molecule has 0 amide bonds. The highest BCUT2D eigenvalue weighted by molar-refractivity contribution is 6.11. The van der Waals surface area contributed by atoms with E-state index in [1.807, 2.05) is 30.3 Å². The van der Waals surface area contributed by atoms with Crippen molar-refractivity contribution >= 4 is 17.6 Å². The van der Waals surface area contributed by atoms with Gasteiger partial charge in [-0.25, -0.2) is 9.18 Å². The second kappa shape index (κ2) is 13.0. The van der Waals surface area contributed by atoms with E-state index >= 15 is 0 Å². The number of aromatic nitrogens is 1. The number of ketones is 1. The molecule has 0 bridgehead atoms. The lowest BCUT2D eigenvalue weighted by Crippen LogP contribution is -2.54. The molecule has 1 atom stereocenters. The molecule has 0 aliphatic heterocycles. The van der Waals surface area contributed by atoms with Gasteiger partial charge in [-0.05, 0) is 91.9 Å². The number of halogens is 1. The highest BCUT2D eigenvalue weighted by atomic mass is 19.1. The van der Waals surface area contributed by atoms with Gasteiger partial charge in [0.2, 0.25) is 0 Å². The summed E-state index contributed by atoms with van der Waals surface area (Å²) in [5, 5.41) is 13.8. The van der Waals surface area contributed by atoms with Gasteiger partial charge in [0.15, 0.2) is 5.78 Å². The highest BCUT2D eigenvalue weighted by Crippen LogP contribution is 2.41. The Balaban J connectivity index is 1.23. The van der Waals surface area contributed by atoms with E-state index in [4.69, 9.17) is 10.5 Å². The van der Waals surface area contributed by atoms with Crippen LogP contribution in [0, 0.1) is 11.7 Å². The van der Waals surface area contributed by atoms with Crippen molar-refractivity contribution in [1.82, 2.24) is 9.88 Å². The third kappa shape index (κ3) is 6.22. The molecule has 1 aliphatic carbocycles. The smallest absolute Gasteiger partial charge is 0.328 e. The highest BCUT2D eigenvalue weighted by Gasteiger charge is 2.47. The van der Waals surface area contributed by atoms with Gasteiger partial charge in [-0.1, -0.05) is 43.2 Å². The van der Waals surface area contributed by atoms with Gasteiger partial charge >= 0.3 is 5.97 Å². The van der Waals surface area contributed by atoms with E-state index in [1.54, 1.807) is 24.3 Å². The first-order valence-corrected chi connectivity index (χ1v) is 14.4. The molecule has 0 spiro atoms. The van der Waals surface area contributed by atoms with Crippen molar-refractivity contribution in [2.75, 3.05) is 18.9 Å². The zero-order valence-electron chi connectivity index (χ0n) is 23.7. The summed E-state index contributed by atoms with van der Waals surface area (Å²) in [6.07, 6.45) is 4.37. The zero-order chi connectivity index (χ0) is 30.4. The number of benzene rings is 3. The SMILES string of the molecule is Nc1c(C(=O)c2ccc(F)cc2)ccc(=O)n1-c1ccc(OCCCN[C@](C(=O)O)(c2ccccc2)C2CCCC2)cc1. The number of hydrogen-bond donors (Lipinski definition) is 3. The molecule has 4 aromatic rings. The van der Waals surface area contributed by atoms with Crippen molar-refractivity contribution in [3.05, 3.63) is 124 Å². The quantitative estimate of drug-likeness (QED) is 0.152. The molecule has 1 fully saturated rings. The average molecular weight is 584 g/mol. The van der Waals surface area contributed by atoms with Crippen LogP contribution >= 0.6 is 0 Å². The minimum absolute atomic E-state index is 0.0150. The monoisotopic (exact) mass is 583 g/mol. The molecule has 9 heteroatoms. The summed E-state index contributed by atoms with van der Waals surface area (Å²) in [5.41, 5.74) is 6.33. The fourth-order valence-electron chi connectivity index (χ4n) is 5.92. The van der Waals surface area contributed by atoms with E-state index in [9.17, 15) is 23.9 Å². The van der Waals surface area contributed by atoms with E-state index < -0.39 is 28.7 Å². The van der Waals surface area contributed by atoms with Gasteiger partial charge in [0, 0.05) is 11.6 Å². The van der Waals surface area contributed by atoms with E-state index in [-0.39, 0.29) is 22.9 Å². The third-order valence-electron chi connectivity index (χ3n) is 8.10. The number of anilines is 1. The summed E-state index contributed by atoms with van der Waals surface area (Å²) in [5.74, 6) is -1.19. The molecule has 1 aliphatic rings. The Labute approximate surface area is 248 Å². The maximum atomic E-state index is 13.3. The molecular formula is C34H34FN3O5. The largest absolute Gasteiger partial charge is 0.494 e. The minimum Gasteiger partial charge on any atom is -0.494 e. The fourth-order valence-corrected chi connectivity index (χ4v) is 5.92. The van der Waals surface area contributed by atoms with Crippen LogP contribution in [0.15, 0.2) is 95.8 Å². The molecule has 3 aromatic carbocycles. The summed E-state index contributed by atoms with van der Waals surface area (Å²) in [6.45, 7) is 0.807. The molecule has 8 nitrogen and oxygen atoms in total. The van der Waals surface area contributed by atoms with Gasteiger partial charge in [-0.3, -0.25) is 19.5 Å². The van der Waals surface area contributed by atoms with Crippen molar-refractivity contribution < 1.29 is 23.8 Å². The van der Waals surface area contributed by atoms with E-state index in [1.165, 1.54) is 41.0 Å². The number of hydrogen-bond acceptors (Lipinski definition) is 6. The summed E-state index contributed by atoms with van der Waals surface area (Å²) >= 11 is 0. The van der Waals surface area contributed by atoms with E-state index in [2.05, 4.69) is 5.32 Å². The predicted octanol–water partition coefficient (Wildman–Crippen LogP) is 5.32. The second-order valence-electron chi connectivity index (χ2n) is 10.7. The lowest BCUT2D eigenvalue weighted by molar-refractivity contribution is -0.148. The Bertz CT molecular complexity index is 1630. The number of carboxylic acids is 1. The van der Waals surface area contributed by atoms with Gasteiger partial charge in [0.1, 0.15) is 22.9 Å². The number of nitrogens with one attached hydrogen (secondary N) is 1. The number of rotatable bonds is 12. The van der Waals surface area contributed by atoms with Crippen molar-refractivity contribution in [3.8, 4) is 11.4 Å². The Kier molecular flexibility index (Phi) is 9.01. The average Bonchev–Trinajstić information content (AvgIpc) is 3.56. The van der Waals surface area contributed by atoms with E-state index in [0.29, 0.717) is 31.0 Å². The van der Waals surface area contributed by atoms with Gasteiger partial charge < -0.3 is 15.6 Å². The maximum Gasteiger partial charge on any atom is 0.328 e. The van der Waals surface area contributed by atoms with Crippen LogP contribution in [0.1, 0.15) is 53.6 Å². The number of aliphatic carboxylic acids is 1. The number of carbonyl (C=O) groups is 2. The van der Waals surface area contributed by atoms with Crippen LogP contribution in [0.2, 0.25) is 0 Å². The second-order valence-corrected chi connectivity index (χ2v) is 10.7. The van der Waals surface area contributed by atoms with Crippen LogP contribution in [-0.2, 0) is 10.3 Å². The molecule has 0 unspecified atom stereocenters. The molecule has 222 valence electrons.